The molecule has 0 unspecified atom stereocenters. The van der Waals surface area contributed by atoms with Crippen molar-refractivity contribution in [2.75, 3.05) is 11.9 Å². The van der Waals surface area contributed by atoms with E-state index in [2.05, 4.69) is 31.8 Å². The molecular weight excluding hydrogens is 382 g/mol. The van der Waals surface area contributed by atoms with Gasteiger partial charge >= 0.3 is 0 Å². The summed E-state index contributed by atoms with van der Waals surface area (Å²) in [4.78, 5) is 11.7. The minimum absolute atomic E-state index is 0.0945. The molecule has 0 aliphatic heterocycles. The van der Waals surface area contributed by atoms with Crippen molar-refractivity contribution in [2.24, 2.45) is 5.10 Å². The summed E-state index contributed by atoms with van der Waals surface area (Å²) in [6.45, 7) is 1.88. The number of benzene rings is 2. The van der Waals surface area contributed by atoms with Gasteiger partial charge in [-0.2, -0.15) is 5.10 Å². The molecule has 0 atom stereocenters. The molecule has 0 fully saturated rings. The Bertz CT molecular complexity index is 710. The zero-order chi connectivity index (χ0) is 16.8. The molecule has 3 N–H and O–H groups in total. The molecule has 2 rings (SSSR count). The number of aryl methyl sites for hydroxylation is 1. The van der Waals surface area contributed by atoms with Crippen LogP contribution in [0.1, 0.15) is 11.1 Å². The third-order valence-corrected chi connectivity index (χ3v) is 3.83. The van der Waals surface area contributed by atoms with Gasteiger partial charge in [0, 0.05) is 10.7 Å². The summed E-state index contributed by atoms with van der Waals surface area (Å²) in [7, 11) is 0. The van der Waals surface area contributed by atoms with Crippen LogP contribution in [-0.4, -0.2) is 23.8 Å². The van der Waals surface area contributed by atoms with Crippen molar-refractivity contribution in [1.82, 2.24) is 5.43 Å². The summed E-state index contributed by atoms with van der Waals surface area (Å²) in [6.07, 6.45) is 1.51. The molecule has 7 heteroatoms. The van der Waals surface area contributed by atoms with Crippen LogP contribution in [0.5, 0.6) is 5.75 Å². The predicted molar refractivity (Wildman–Crippen MR) is 96.2 cm³/mol. The quantitative estimate of drug-likeness (QED) is 0.533. The Morgan fingerprint density at radius 1 is 1.35 bits per heavy atom. The fourth-order valence-electron chi connectivity index (χ4n) is 1.81. The molecule has 0 aromatic heterocycles. The van der Waals surface area contributed by atoms with Gasteiger partial charge in [-0.25, -0.2) is 5.43 Å². The molecule has 2 aromatic carbocycles. The first-order chi connectivity index (χ1) is 11.0. The number of nitrogens with zero attached hydrogens (tertiary/aromatic N) is 1. The van der Waals surface area contributed by atoms with Crippen LogP contribution in [0, 0.1) is 6.92 Å². The molecule has 23 heavy (non-hydrogen) atoms. The number of carbonyl (C=O) groups is 1. The molecule has 120 valence electrons. The molecule has 0 aliphatic carbocycles. The van der Waals surface area contributed by atoms with E-state index >= 15 is 0 Å². The van der Waals surface area contributed by atoms with Crippen LogP contribution < -0.4 is 10.7 Å². The Hall–Kier alpha value is -2.05. The Morgan fingerprint density at radius 3 is 2.70 bits per heavy atom. The number of amides is 1. The fraction of sp³-hybridized carbons (Fsp3) is 0.125. The highest BCUT2D eigenvalue weighted by molar-refractivity contribution is 9.10. The molecule has 1 amide bonds. The Morgan fingerprint density at radius 2 is 2.04 bits per heavy atom. The zero-order valence-electron chi connectivity index (χ0n) is 12.3. The topological polar surface area (TPSA) is 73.7 Å². The normalized spacial score (nSPS) is 10.7. The second-order valence-electron chi connectivity index (χ2n) is 4.82. The van der Waals surface area contributed by atoms with Crippen LogP contribution in [0.15, 0.2) is 46.0 Å². The molecule has 0 radical (unpaired) electrons. The number of hydrogen-bond donors (Lipinski definition) is 3. The minimum Gasteiger partial charge on any atom is -0.506 e. The summed E-state index contributed by atoms with van der Waals surface area (Å²) in [6, 6.07) is 10.5. The Balaban J connectivity index is 1.85. The van der Waals surface area contributed by atoms with Gasteiger partial charge in [-0.15, -0.1) is 0 Å². The molecule has 0 saturated heterocycles. The van der Waals surface area contributed by atoms with Gasteiger partial charge in [0.2, 0.25) is 0 Å². The van der Waals surface area contributed by atoms with Crippen LogP contribution >= 0.6 is 27.5 Å². The predicted octanol–water partition coefficient (Wildman–Crippen LogP) is 3.68. The lowest BCUT2D eigenvalue weighted by molar-refractivity contribution is -0.119. The third kappa shape index (κ3) is 5.26. The number of hydrogen-bond acceptors (Lipinski definition) is 4. The van der Waals surface area contributed by atoms with Gasteiger partial charge in [0.1, 0.15) is 5.75 Å². The molecule has 0 bridgehead atoms. The second-order valence-corrected chi connectivity index (χ2v) is 6.11. The van der Waals surface area contributed by atoms with Gasteiger partial charge in [0.15, 0.2) is 0 Å². The van der Waals surface area contributed by atoms with Crippen molar-refractivity contribution in [1.29, 1.82) is 0 Å². The van der Waals surface area contributed by atoms with Crippen LogP contribution in [0.4, 0.5) is 5.69 Å². The molecule has 0 spiro atoms. The highest BCUT2D eigenvalue weighted by Gasteiger charge is 2.03. The van der Waals surface area contributed by atoms with Crippen molar-refractivity contribution in [3.05, 3.63) is 57.0 Å². The van der Waals surface area contributed by atoms with Gasteiger partial charge in [-0.1, -0.05) is 11.6 Å². The largest absolute Gasteiger partial charge is 0.506 e. The summed E-state index contributed by atoms with van der Waals surface area (Å²) in [5, 5.41) is 17.2. The van der Waals surface area contributed by atoms with Crippen molar-refractivity contribution < 1.29 is 9.90 Å². The van der Waals surface area contributed by atoms with Gasteiger partial charge in [-0.05, 0) is 70.4 Å². The zero-order valence-corrected chi connectivity index (χ0v) is 14.6. The van der Waals surface area contributed by atoms with Gasteiger partial charge in [0.25, 0.3) is 5.91 Å². The SMILES string of the molecule is Cc1cc(/C=N/NC(=O)CNc2ccc(Cl)cc2)cc(Br)c1O. The van der Waals surface area contributed by atoms with Gasteiger partial charge in [0.05, 0.1) is 17.2 Å². The first-order valence-electron chi connectivity index (χ1n) is 6.76. The van der Waals surface area contributed by atoms with Crippen LogP contribution in [0.25, 0.3) is 0 Å². The molecule has 5 nitrogen and oxygen atoms in total. The monoisotopic (exact) mass is 395 g/mol. The van der Waals surface area contributed by atoms with Gasteiger partial charge < -0.3 is 10.4 Å². The number of phenols is 1. The molecule has 0 aliphatic rings. The number of anilines is 1. The number of aromatic hydroxyl groups is 1. The first kappa shape index (κ1) is 17.3. The van der Waals surface area contributed by atoms with Gasteiger partial charge in [-0.3, -0.25) is 4.79 Å². The summed E-state index contributed by atoms with van der Waals surface area (Å²) in [5.41, 5.74) is 4.71. The summed E-state index contributed by atoms with van der Waals surface area (Å²) < 4.78 is 0.578. The molecule has 0 heterocycles. The number of carbonyl (C=O) groups excluding carboxylic acids is 1. The van der Waals surface area contributed by atoms with E-state index < -0.39 is 0 Å². The third-order valence-electron chi connectivity index (χ3n) is 2.98. The van der Waals surface area contributed by atoms with E-state index in [1.165, 1.54) is 6.21 Å². The summed E-state index contributed by atoms with van der Waals surface area (Å²) >= 11 is 9.04. The fourth-order valence-corrected chi connectivity index (χ4v) is 2.51. The van der Waals surface area contributed by atoms with E-state index in [-0.39, 0.29) is 18.2 Å². The maximum Gasteiger partial charge on any atom is 0.259 e. The first-order valence-corrected chi connectivity index (χ1v) is 7.93. The second kappa shape index (κ2) is 7.99. The van der Waals surface area contributed by atoms with E-state index in [1.54, 1.807) is 43.3 Å². The van der Waals surface area contributed by atoms with Crippen LogP contribution in [0.2, 0.25) is 5.02 Å². The summed E-state index contributed by atoms with van der Waals surface area (Å²) in [5.74, 6) is -0.0795. The van der Waals surface area contributed by atoms with Crippen molar-refractivity contribution >= 4 is 45.3 Å². The number of nitrogens with one attached hydrogen (secondary N) is 2. The highest BCUT2D eigenvalue weighted by Crippen LogP contribution is 2.28. The van der Waals surface area contributed by atoms with E-state index in [1.807, 2.05) is 0 Å². The maximum absolute atomic E-state index is 11.7. The number of rotatable bonds is 5. The lowest BCUT2D eigenvalue weighted by Gasteiger charge is -2.05. The Labute approximate surface area is 147 Å². The maximum atomic E-state index is 11.7. The van der Waals surface area contributed by atoms with Crippen molar-refractivity contribution in [3.63, 3.8) is 0 Å². The molecular formula is C16H15BrClN3O2. The van der Waals surface area contributed by atoms with Crippen LogP contribution in [0.3, 0.4) is 0 Å². The average Bonchev–Trinajstić information content (AvgIpc) is 2.52. The van der Waals surface area contributed by atoms with E-state index in [0.29, 0.717) is 9.50 Å². The van der Waals surface area contributed by atoms with E-state index in [9.17, 15) is 9.90 Å². The number of hydrazone groups is 1. The minimum atomic E-state index is -0.272. The highest BCUT2D eigenvalue weighted by atomic mass is 79.9. The van der Waals surface area contributed by atoms with E-state index in [0.717, 1.165) is 16.8 Å². The Kier molecular flexibility index (Phi) is 6.01. The lowest BCUT2D eigenvalue weighted by atomic mass is 10.1. The molecule has 0 saturated carbocycles. The van der Waals surface area contributed by atoms with E-state index in [4.69, 9.17) is 11.6 Å². The smallest absolute Gasteiger partial charge is 0.259 e. The standard InChI is InChI=1S/C16H15BrClN3O2/c1-10-6-11(7-14(17)16(10)23)8-20-21-15(22)9-19-13-4-2-12(18)3-5-13/h2-8,19,23H,9H2,1H3,(H,21,22)/b20-8+. The number of halogens is 2. The average molecular weight is 397 g/mol. The van der Waals surface area contributed by atoms with Crippen molar-refractivity contribution in [2.45, 2.75) is 6.92 Å². The number of phenolic OH excluding ortho intramolecular Hbond substituents is 1. The molecule has 2 aromatic rings. The lowest BCUT2D eigenvalue weighted by Crippen LogP contribution is -2.25. The van der Waals surface area contributed by atoms with Crippen molar-refractivity contribution in [3.8, 4) is 5.75 Å². The van der Waals surface area contributed by atoms with Crippen LogP contribution in [-0.2, 0) is 4.79 Å².